The van der Waals surface area contributed by atoms with Crippen LogP contribution < -0.4 is 21.0 Å². The third-order valence-corrected chi connectivity index (χ3v) is 12.1. The Morgan fingerprint density at radius 2 is 1.42 bits per heavy atom. The minimum Gasteiger partial charge on any atom is -0.404 e. The van der Waals surface area contributed by atoms with E-state index < -0.39 is 8.32 Å². The highest BCUT2D eigenvalue weighted by Gasteiger charge is 2.50. The molecular formula is C25H36N3OSSi+. The molecule has 4 rings (SSSR count). The maximum absolute atomic E-state index is 7.14. The van der Waals surface area contributed by atoms with E-state index >= 15 is 0 Å². The highest BCUT2D eigenvalue weighted by atomic mass is 32.1. The average molecular weight is 455 g/mol. The van der Waals surface area contributed by atoms with Crippen molar-refractivity contribution in [3.63, 3.8) is 0 Å². The Balaban J connectivity index is 1.61. The van der Waals surface area contributed by atoms with Gasteiger partial charge in [0.2, 0.25) is 0 Å². The van der Waals surface area contributed by atoms with Crippen LogP contribution in [-0.2, 0) is 4.43 Å². The molecule has 2 aliphatic heterocycles. The van der Waals surface area contributed by atoms with Crippen molar-refractivity contribution in [2.45, 2.75) is 50.7 Å². The van der Waals surface area contributed by atoms with Crippen LogP contribution in [0, 0.1) is 0 Å². The van der Waals surface area contributed by atoms with E-state index in [2.05, 4.69) is 109 Å². The van der Waals surface area contributed by atoms with Crippen molar-refractivity contribution >= 4 is 37.3 Å². The van der Waals surface area contributed by atoms with E-state index in [1.54, 1.807) is 0 Å². The molecule has 0 spiro atoms. The van der Waals surface area contributed by atoms with E-state index in [0.29, 0.717) is 18.7 Å². The lowest BCUT2D eigenvalue weighted by Crippen LogP contribution is -2.68. The van der Waals surface area contributed by atoms with Gasteiger partial charge in [0.25, 0.3) is 8.32 Å². The Morgan fingerprint density at radius 3 is 1.94 bits per heavy atom. The van der Waals surface area contributed by atoms with E-state index in [-0.39, 0.29) is 5.04 Å². The summed E-state index contributed by atoms with van der Waals surface area (Å²) in [5.41, 5.74) is 0. The molecule has 2 aliphatic rings. The fourth-order valence-corrected chi connectivity index (χ4v) is 9.84. The molecule has 0 saturated heterocycles. The van der Waals surface area contributed by atoms with Gasteiger partial charge in [-0.2, -0.15) is 12.6 Å². The minimum atomic E-state index is -2.49. The van der Waals surface area contributed by atoms with Crippen LogP contribution in [0.4, 0.5) is 0 Å². The van der Waals surface area contributed by atoms with Gasteiger partial charge in [-0.25, -0.2) is 0 Å². The summed E-state index contributed by atoms with van der Waals surface area (Å²) in [6, 6.07) is 22.5. The summed E-state index contributed by atoms with van der Waals surface area (Å²) < 4.78 is 9.57. The van der Waals surface area contributed by atoms with Crippen LogP contribution in [-0.4, -0.2) is 56.4 Å². The van der Waals surface area contributed by atoms with Gasteiger partial charge in [0.15, 0.2) is 0 Å². The fourth-order valence-electron chi connectivity index (χ4n) is 4.96. The normalized spacial score (nSPS) is 21.8. The molecule has 0 unspecified atom stereocenters. The smallest absolute Gasteiger partial charge is 0.346 e. The maximum atomic E-state index is 7.14. The van der Waals surface area contributed by atoms with Crippen LogP contribution >= 0.6 is 12.6 Å². The van der Waals surface area contributed by atoms with E-state index in [0.717, 1.165) is 37.6 Å². The van der Waals surface area contributed by atoms with E-state index in [1.807, 2.05) is 0 Å². The zero-order chi connectivity index (χ0) is 21.9. The second kappa shape index (κ2) is 9.39. The molecule has 2 N–H and O–H groups in total. The second-order valence-electron chi connectivity index (χ2n) is 9.75. The summed E-state index contributed by atoms with van der Waals surface area (Å²) in [5, 5.41) is 10.1. The standard InChI is InChI=1S/C25H35N3OSSi/c1-25(2,3)31(22-10-6-4-7-11-22,23-12-8-5-9-13-23)29-18-20-14-16-28-17-15-21(19-30)27-24(28)26-20/h4-13,20-21H,14-19H2,1-3H3,(H2,26,27,30)/p+1/t20-,21-/m1/s1. The molecule has 31 heavy (non-hydrogen) atoms. The zero-order valence-electron chi connectivity index (χ0n) is 19.0. The summed E-state index contributed by atoms with van der Waals surface area (Å²) >= 11 is 4.49. The number of hydrogen-bond donors (Lipinski definition) is 3. The van der Waals surface area contributed by atoms with Crippen molar-refractivity contribution in [1.29, 1.82) is 0 Å². The lowest BCUT2D eigenvalue weighted by atomic mass is 10.1. The Bertz CT molecular complexity index is 858. The summed E-state index contributed by atoms with van der Waals surface area (Å²) in [6.45, 7) is 9.89. The number of thiol groups is 1. The Kier molecular flexibility index (Phi) is 6.79. The van der Waals surface area contributed by atoms with Crippen molar-refractivity contribution in [3.05, 3.63) is 60.7 Å². The van der Waals surface area contributed by atoms with Crippen molar-refractivity contribution in [3.8, 4) is 0 Å². The van der Waals surface area contributed by atoms with Crippen LogP contribution in [0.25, 0.3) is 0 Å². The number of benzene rings is 2. The van der Waals surface area contributed by atoms with Crippen molar-refractivity contribution in [2.24, 2.45) is 0 Å². The lowest BCUT2D eigenvalue weighted by Gasteiger charge is -2.44. The highest BCUT2D eigenvalue weighted by Crippen LogP contribution is 2.36. The van der Waals surface area contributed by atoms with Gasteiger partial charge >= 0.3 is 5.96 Å². The highest BCUT2D eigenvalue weighted by molar-refractivity contribution is 7.80. The van der Waals surface area contributed by atoms with Crippen molar-refractivity contribution < 1.29 is 9.00 Å². The molecule has 166 valence electrons. The van der Waals surface area contributed by atoms with Gasteiger partial charge in [0.05, 0.1) is 31.8 Å². The molecule has 0 saturated carbocycles. The summed E-state index contributed by atoms with van der Waals surface area (Å²) in [7, 11) is -2.49. The molecule has 0 bridgehead atoms. The van der Waals surface area contributed by atoms with Crippen LogP contribution in [0.3, 0.4) is 0 Å². The first-order valence-corrected chi connectivity index (χ1v) is 14.0. The van der Waals surface area contributed by atoms with Gasteiger partial charge in [-0.3, -0.25) is 15.2 Å². The maximum Gasteiger partial charge on any atom is 0.346 e. The third-order valence-electron chi connectivity index (χ3n) is 6.63. The molecule has 2 aromatic carbocycles. The predicted octanol–water partition coefficient (Wildman–Crippen LogP) is 2.59. The monoisotopic (exact) mass is 454 g/mol. The molecule has 0 aliphatic carbocycles. The van der Waals surface area contributed by atoms with Crippen LogP contribution in [0.2, 0.25) is 5.04 Å². The van der Waals surface area contributed by atoms with E-state index in [1.165, 1.54) is 10.4 Å². The van der Waals surface area contributed by atoms with E-state index in [4.69, 9.17) is 4.43 Å². The molecule has 2 heterocycles. The number of rotatable bonds is 6. The van der Waals surface area contributed by atoms with Gasteiger partial charge in [0.1, 0.15) is 0 Å². The SMILES string of the molecule is CC(C)(C)[Si](OC[C@H]1CC[N+]2=C(N1)N[C@@H](CS)CC2)(c1ccccc1)c1ccccc1. The van der Waals surface area contributed by atoms with Gasteiger partial charge in [-0.15, -0.1) is 0 Å². The first-order valence-electron chi connectivity index (χ1n) is 11.4. The lowest BCUT2D eigenvalue weighted by molar-refractivity contribution is -0.542. The van der Waals surface area contributed by atoms with Crippen LogP contribution in [0.5, 0.6) is 0 Å². The molecule has 0 fully saturated rings. The molecule has 2 aromatic rings. The van der Waals surface area contributed by atoms with E-state index in [9.17, 15) is 0 Å². The van der Waals surface area contributed by atoms with Gasteiger partial charge in [-0.05, 0) is 15.4 Å². The van der Waals surface area contributed by atoms with Crippen molar-refractivity contribution in [1.82, 2.24) is 10.6 Å². The van der Waals surface area contributed by atoms with Gasteiger partial charge in [0, 0.05) is 18.6 Å². The average Bonchev–Trinajstić information content (AvgIpc) is 2.79. The van der Waals surface area contributed by atoms with Crippen LogP contribution in [0.1, 0.15) is 33.6 Å². The Morgan fingerprint density at radius 1 is 0.903 bits per heavy atom. The predicted molar refractivity (Wildman–Crippen MR) is 136 cm³/mol. The zero-order valence-corrected chi connectivity index (χ0v) is 20.9. The first kappa shape index (κ1) is 22.4. The Hall–Kier alpha value is -1.76. The number of nitrogens with zero attached hydrogens (tertiary/aromatic N) is 1. The molecule has 0 amide bonds. The van der Waals surface area contributed by atoms with Gasteiger partial charge in [-0.1, -0.05) is 81.4 Å². The first-order chi connectivity index (χ1) is 14.9. The third kappa shape index (κ3) is 4.57. The van der Waals surface area contributed by atoms with Gasteiger partial charge < -0.3 is 4.43 Å². The quantitative estimate of drug-likeness (QED) is 0.357. The molecule has 6 heteroatoms. The summed E-state index contributed by atoms with van der Waals surface area (Å²) in [5.74, 6) is 2.02. The second-order valence-corrected chi connectivity index (χ2v) is 14.4. The fraction of sp³-hybridized carbons (Fsp3) is 0.480. The number of nitrogens with one attached hydrogen (secondary N) is 2. The number of hydrogen-bond acceptors (Lipinski definition) is 4. The molecule has 2 atom stereocenters. The molecule has 4 nitrogen and oxygen atoms in total. The van der Waals surface area contributed by atoms with Crippen molar-refractivity contribution in [2.75, 3.05) is 25.4 Å². The minimum absolute atomic E-state index is 0.00373. The molecule has 0 aromatic heterocycles. The topological polar surface area (TPSA) is 36.3 Å². The summed E-state index contributed by atoms with van der Waals surface area (Å²) in [6.07, 6.45) is 2.24. The number of guanidine groups is 1. The Labute approximate surface area is 193 Å². The molecule has 0 radical (unpaired) electrons. The molecular weight excluding hydrogens is 418 g/mol. The summed E-state index contributed by atoms with van der Waals surface area (Å²) in [4.78, 5) is 0. The largest absolute Gasteiger partial charge is 0.404 e. The van der Waals surface area contributed by atoms with Crippen LogP contribution in [0.15, 0.2) is 60.7 Å².